The van der Waals surface area contributed by atoms with Crippen LogP contribution < -0.4 is 4.90 Å². The summed E-state index contributed by atoms with van der Waals surface area (Å²) in [6, 6.07) is 1.95. The number of aromatic nitrogens is 2. The summed E-state index contributed by atoms with van der Waals surface area (Å²) in [5.74, 6) is 0.809. The molecule has 20 heavy (non-hydrogen) atoms. The van der Waals surface area contributed by atoms with Gasteiger partial charge in [-0.25, -0.2) is 9.97 Å². The molecule has 6 heteroatoms. The maximum Gasteiger partial charge on any atom is 0.308 e. The SMILES string of the molecule is CCOCc1cc(N2CCC(C(=O)OC)CC2)ncn1. The summed E-state index contributed by atoms with van der Waals surface area (Å²) in [5, 5.41) is 0. The number of carbonyl (C=O) groups excluding carboxylic acids is 1. The van der Waals surface area contributed by atoms with E-state index in [1.165, 1.54) is 7.11 Å². The molecule has 110 valence electrons. The van der Waals surface area contributed by atoms with Crippen LogP contribution in [-0.4, -0.2) is 42.7 Å². The van der Waals surface area contributed by atoms with E-state index in [4.69, 9.17) is 9.47 Å². The lowest BCUT2D eigenvalue weighted by atomic mass is 9.97. The minimum atomic E-state index is -0.107. The van der Waals surface area contributed by atoms with Crippen LogP contribution in [0.2, 0.25) is 0 Å². The predicted molar refractivity (Wildman–Crippen MR) is 74.3 cm³/mol. The lowest BCUT2D eigenvalue weighted by Crippen LogP contribution is -2.37. The second kappa shape index (κ2) is 7.19. The zero-order chi connectivity index (χ0) is 14.4. The molecule has 2 rings (SSSR count). The smallest absolute Gasteiger partial charge is 0.308 e. The van der Waals surface area contributed by atoms with E-state index in [-0.39, 0.29) is 11.9 Å². The molecule has 1 fully saturated rings. The maximum absolute atomic E-state index is 11.5. The minimum Gasteiger partial charge on any atom is -0.469 e. The Bertz CT molecular complexity index is 445. The van der Waals surface area contributed by atoms with E-state index >= 15 is 0 Å². The van der Waals surface area contributed by atoms with E-state index in [9.17, 15) is 4.79 Å². The largest absolute Gasteiger partial charge is 0.469 e. The van der Waals surface area contributed by atoms with Gasteiger partial charge >= 0.3 is 5.97 Å². The van der Waals surface area contributed by atoms with Crippen molar-refractivity contribution in [2.24, 2.45) is 5.92 Å². The Morgan fingerprint density at radius 1 is 1.40 bits per heavy atom. The van der Waals surface area contributed by atoms with E-state index < -0.39 is 0 Å². The molecule has 0 aliphatic carbocycles. The molecule has 0 N–H and O–H groups in total. The first-order chi connectivity index (χ1) is 9.74. The molecule has 0 radical (unpaired) electrons. The number of anilines is 1. The zero-order valence-corrected chi connectivity index (χ0v) is 12.0. The minimum absolute atomic E-state index is 0.0148. The van der Waals surface area contributed by atoms with E-state index in [1.54, 1.807) is 6.33 Å². The summed E-state index contributed by atoms with van der Waals surface area (Å²) in [4.78, 5) is 22.2. The van der Waals surface area contributed by atoms with Gasteiger partial charge < -0.3 is 14.4 Å². The Hall–Kier alpha value is -1.69. The summed E-state index contributed by atoms with van der Waals surface area (Å²) in [6.07, 6.45) is 3.17. The summed E-state index contributed by atoms with van der Waals surface area (Å²) in [5.41, 5.74) is 0.881. The Labute approximate surface area is 119 Å². The second-order valence-electron chi connectivity index (χ2n) is 4.79. The van der Waals surface area contributed by atoms with Crippen LogP contribution in [0.25, 0.3) is 0 Å². The fourth-order valence-electron chi connectivity index (χ4n) is 2.36. The van der Waals surface area contributed by atoms with Gasteiger partial charge in [0, 0.05) is 25.8 Å². The van der Waals surface area contributed by atoms with Crippen LogP contribution in [0.4, 0.5) is 5.82 Å². The molecule has 0 unspecified atom stereocenters. The molecule has 1 aromatic heterocycles. The molecule has 0 bridgehead atoms. The van der Waals surface area contributed by atoms with Crippen LogP contribution in [0, 0.1) is 5.92 Å². The Balaban J connectivity index is 1.94. The van der Waals surface area contributed by atoms with Gasteiger partial charge in [-0.15, -0.1) is 0 Å². The molecule has 0 aromatic carbocycles. The number of rotatable bonds is 5. The zero-order valence-electron chi connectivity index (χ0n) is 12.0. The van der Waals surface area contributed by atoms with Crippen LogP contribution in [0.5, 0.6) is 0 Å². The lowest BCUT2D eigenvalue weighted by Gasteiger charge is -2.31. The van der Waals surface area contributed by atoms with Crippen LogP contribution in [0.1, 0.15) is 25.5 Å². The molecule has 0 amide bonds. The van der Waals surface area contributed by atoms with Gasteiger partial charge in [0.05, 0.1) is 25.3 Å². The molecule has 1 aromatic rings. The fourth-order valence-corrected chi connectivity index (χ4v) is 2.36. The normalized spacial score (nSPS) is 16.2. The molecule has 6 nitrogen and oxygen atoms in total. The van der Waals surface area contributed by atoms with Crippen molar-refractivity contribution in [1.82, 2.24) is 9.97 Å². The van der Waals surface area contributed by atoms with Gasteiger partial charge in [0.15, 0.2) is 0 Å². The van der Waals surface area contributed by atoms with Crippen molar-refractivity contribution in [3.05, 3.63) is 18.1 Å². The third kappa shape index (κ3) is 3.66. The van der Waals surface area contributed by atoms with Gasteiger partial charge in [0.1, 0.15) is 12.1 Å². The van der Waals surface area contributed by atoms with Crippen molar-refractivity contribution in [2.75, 3.05) is 31.7 Å². The van der Waals surface area contributed by atoms with E-state index in [0.29, 0.717) is 13.2 Å². The monoisotopic (exact) mass is 279 g/mol. The average molecular weight is 279 g/mol. The quantitative estimate of drug-likeness (QED) is 0.759. The van der Waals surface area contributed by atoms with Crippen molar-refractivity contribution in [2.45, 2.75) is 26.4 Å². The highest BCUT2D eigenvalue weighted by Gasteiger charge is 2.26. The highest BCUT2D eigenvalue weighted by Crippen LogP contribution is 2.22. The molecule has 1 aliphatic rings. The van der Waals surface area contributed by atoms with Gasteiger partial charge in [-0.05, 0) is 19.8 Å². The first-order valence-electron chi connectivity index (χ1n) is 6.96. The first kappa shape index (κ1) is 14.7. The fraction of sp³-hybridized carbons (Fsp3) is 0.643. The Kier molecular flexibility index (Phi) is 5.29. The molecule has 0 saturated carbocycles. The predicted octanol–water partition coefficient (Wildman–Crippen LogP) is 1.40. The third-order valence-corrected chi connectivity index (χ3v) is 3.52. The van der Waals surface area contributed by atoms with Crippen LogP contribution in [-0.2, 0) is 20.9 Å². The van der Waals surface area contributed by atoms with Gasteiger partial charge in [0.25, 0.3) is 0 Å². The van der Waals surface area contributed by atoms with Crippen molar-refractivity contribution in [1.29, 1.82) is 0 Å². The van der Waals surface area contributed by atoms with Crippen LogP contribution in [0.3, 0.4) is 0 Å². The average Bonchev–Trinajstić information content (AvgIpc) is 2.52. The van der Waals surface area contributed by atoms with E-state index in [1.807, 2.05) is 13.0 Å². The second-order valence-corrected chi connectivity index (χ2v) is 4.79. The molecule has 1 saturated heterocycles. The standard InChI is InChI=1S/C14H21N3O3/c1-3-20-9-12-8-13(16-10-15-12)17-6-4-11(5-7-17)14(18)19-2/h8,10-11H,3-7,9H2,1-2H3. The molecular weight excluding hydrogens is 258 g/mol. The maximum atomic E-state index is 11.5. The third-order valence-electron chi connectivity index (χ3n) is 3.52. The molecule has 0 spiro atoms. The molecule has 2 heterocycles. The van der Waals surface area contributed by atoms with Crippen molar-refractivity contribution < 1.29 is 14.3 Å². The summed E-state index contributed by atoms with van der Waals surface area (Å²) in [7, 11) is 1.44. The van der Waals surface area contributed by atoms with Gasteiger partial charge in [-0.2, -0.15) is 0 Å². The number of hydrogen-bond acceptors (Lipinski definition) is 6. The highest BCUT2D eigenvalue weighted by molar-refractivity contribution is 5.72. The molecule has 0 atom stereocenters. The van der Waals surface area contributed by atoms with Gasteiger partial charge in [-0.1, -0.05) is 0 Å². The van der Waals surface area contributed by atoms with E-state index in [2.05, 4.69) is 14.9 Å². The Morgan fingerprint density at radius 3 is 2.80 bits per heavy atom. The van der Waals surface area contributed by atoms with Crippen molar-refractivity contribution in [3.63, 3.8) is 0 Å². The first-order valence-corrected chi connectivity index (χ1v) is 6.96. The molecule has 1 aliphatic heterocycles. The topological polar surface area (TPSA) is 64.5 Å². The van der Waals surface area contributed by atoms with Crippen LogP contribution >= 0.6 is 0 Å². The van der Waals surface area contributed by atoms with Crippen molar-refractivity contribution >= 4 is 11.8 Å². The number of hydrogen-bond donors (Lipinski definition) is 0. The number of nitrogens with zero attached hydrogens (tertiary/aromatic N) is 3. The molecular formula is C14H21N3O3. The lowest BCUT2D eigenvalue weighted by molar-refractivity contribution is -0.146. The van der Waals surface area contributed by atoms with Gasteiger partial charge in [0.2, 0.25) is 0 Å². The number of carbonyl (C=O) groups is 1. The summed E-state index contributed by atoms with van der Waals surface area (Å²) < 4.78 is 10.1. The van der Waals surface area contributed by atoms with Gasteiger partial charge in [-0.3, -0.25) is 4.79 Å². The highest BCUT2D eigenvalue weighted by atomic mass is 16.5. The van der Waals surface area contributed by atoms with Crippen molar-refractivity contribution in [3.8, 4) is 0 Å². The summed E-state index contributed by atoms with van der Waals surface area (Å²) >= 11 is 0. The van der Waals surface area contributed by atoms with E-state index in [0.717, 1.165) is 37.4 Å². The number of piperidine rings is 1. The van der Waals surface area contributed by atoms with Crippen LogP contribution in [0.15, 0.2) is 12.4 Å². The number of methoxy groups -OCH3 is 1. The summed E-state index contributed by atoms with van der Waals surface area (Å²) in [6.45, 7) is 4.75. The number of esters is 1. The number of ether oxygens (including phenoxy) is 2. The Morgan fingerprint density at radius 2 is 2.15 bits per heavy atom.